The van der Waals surface area contributed by atoms with Crippen molar-refractivity contribution >= 4 is 40.1 Å². The standard InChI is InChI=1S/C17H21N3O4S2/c1-4-13(15(22)24-6-3)25-17-20-19-16(26-17)18-14(21)11-9-7-8-10-12(11)23-5-2/h7-10,13H,4-6H2,1-3H3,(H,18,19,21)/t13-/m0/s1. The number of hydrogen-bond donors (Lipinski definition) is 1. The number of thioether (sulfide) groups is 1. The molecular weight excluding hydrogens is 374 g/mol. The topological polar surface area (TPSA) is 90.4 Å². The van der Waals surface area contributed by atoms with E-state index in [1.807, 2.05) is 19.9 Å². The Morgan fingerprint density at radius 3 is 2.65 bits per heavy atom. The Labute approximate surface area is 160 Å². The van der Waals surface area contributed by atoms with Gasteiger partial charge in [-0.2, -0.15) is 0 Å². The maximum Gasteiger partial charge on any atom is 0.319 e. The summed E-state index contributed by atoms with van der Waals surface area (Å²) >= 11 is 2.50. The molecule has 2 rings (SSSR count). The van der Waals surface area contributed by atoms with Gasteiger partial charge in [0.25, 0.3) is 5.91 Å². The molecule has 1 atom stereocenters. The summed E-state index contributed by atoms with van der Waals surface area (Å²) < 4.78 is 11.1. The molecule has 0 unspecified atom stereocenters. The second kappa shape index (κ2) is 10.1. The first kappa shape index (κ1) is 20.2. The van der Waals surface area contributed by atoms with E-state index < -0.39 is 0 Å². The summed E-state index contributed by atoms with van der Waals surface area (Å²) in [5.41, 5.74) is 0.428. The van der Waals surface area contributed by atoms with Crippen LogP contribution in [0.5, 0.6) is 5.75 Å². The average molecular weight is 396 g/mol. The molecule has 0 fully saturated rings. The number of para-hydroxylation sites is 1. The third-order valence-electron chi connectivity index (χ3n) is 3.22. The highest BCUT2D eigenvalue weighted by Gasteiger charge is 2.22. The van der Waals surface area contributed by atoms with Gasteiger partial charge in [0, 0.05) is 0 Å². The van der Waals surface area contributed by atoms with Crippen LogP contribution in [-0.4, -0.2) is 40.5 Å². The van der Waals surface area contributed by atoms with E-state index in [-0.39, 0.29) is 17.1 Å². The Hall–Kier alpha value is -2.13. The number of ether oxygens (including phenoxy) is 2. The predicted octanol–water partition coefficient (Wildman–Crippen LogP) is 3.62. The van der Waals surface area contributed by atoms with E-state index >= 15 is 0 Å². The van der Waals surface area contributed by atoms with Crippen molar-refractivity contribution in [3.63, 3.8) is 0 Å². The SMILES string of the molecule is CCOC(=O)[C@H](CC)Sc1nnc(NC(=O)c2ccccc2OCC)s1. The Balaban J connectivity index is 2.04. The van der Waals surface area contributed by atoms with Crippen molar-refractivity contribution in [2.24, 2.45) is 0 Å². The van der Waals surface area contributed by atoms with E-state index in [0.717, 1.165) is 0 Å². The summed E-state index contributed by atoms with van der Waals surface area (Å²) in [5, 5.41) is 10.7. The second-order valence-corrected chi connectivity index (χ2v) is 7.45. The first-order valence-electron chi connectivity index (χ1n) is 8.28. The first-order valence-corrected chi connectivity index (χ1v) is 9.98. The fraction of sp³-hybridized carbons (Fsp3) is 0.412. The van der Waals surface area contributed by atoms with Crippen molar-refractivity contribution < 1.29 is 19.1 Å². The molecule has 7 nitrogen and oxygen atoms in total. The maximum atomic E-state index is 12.5. The van der Waals surface area contributed by atoms with Gasteiger partial charge >= 0.3 is 5.97 Å². The van der Waals surface area contributed by atoms with E-state index in [9.17, 15) is 9.59 Å². The highest BCUT2D eigenvalue weighted by atomic mass is 32.2. The quantitative estimate of drug-likeness (QED) is 0.394. The number of anilines is 1. The number of carbonyl (C=O) groups is 2. The summed E-state index contributed by atoms with van der Waals surface area (Å²) in [5.74, 6) is -0.0782. The molecule has 9 heteroatoms. The Kier molecular flexibility index (Phi) is 7.86. The molecule has 2 aromatic rings. The van der Waals surface area contributed by atoms with Crippen LogP contribution < -0.4 is 10.1 Å². The van der Waals surface area contributed by atoms with E-state index in [2.05, 4.69) is 15.5 Å². The number of carbonyl (C=O) groups excluding carboxylic acids is 2. The second-order valence-electron chi connectivity index (χ2n) is 5.02. The zero-order chi connectivity index (χ0) is 18.9. The van der Waals surface area contributed by atoms with Gasteiger partial charge in [0.15, 0.2) is 4.34 Å². The highest BCUT2D eigenvalue weighted by Crippen LogP contribution is 2.31. The van der Waals surface area contributed by atoms with Crippen LogP contribution in [0.4, 0.5) is 5.13 Å². The minimum Gasteiger partial charge on any atom is -0.493 e. The van der Waals surface area contributed by atoms with Crippen LogP contribution in [0, 0.1) is 0 Å². The number of amides is 1. The number of benzene rings is 1. The zero-order valence-electron chi connectivity index (χ0n) is 14.9. The van der Waals surface area contributed by atoms with Gasteiger partial charge in [-0.15, -0.1) is 10.2 Å². The van der Waals surface area contributed by atoms with Crippen molar-refractivity contribution in [2.75, 3.05) is 18.5 Å². The molecule has 26 heavy (non-hydrogen) atoms. The fourth-order valence-corrected chi connectivity index (χ4v) is 3.98. The van der Waals surface area contributed by atoms with E-state index in [1.54, 1.807) is 25.1 Å². The lowest BCUT2D eigenvalue weighted by molar-refractivity contribution is -0.142. The molecule has 0 aliphatic carbocycles. The van der Waals surface area contributed by atoms with Gasteiger partial charge in [0.2, 0.25) is 5.13 Å². The van der Waals surface area contributed by atoms with Crippen LogP contribution in [0.15, 0.2) is 28.6 Å². The minimum atomic E-state index is -0.342. The lowest BCUT2D eigenvalue weighted by Gasteiger charge is -2.10. The molecule has 0 spiro atoms. The largest absolute Gasteiger partial charge is 0.493 e. The summed E-state index contributed by atoms with van der Waals surface area (Å²) in [6, 6.07) is 7.00. The Morgan fingerprint density at radius 1 is 1.19 bits per heavy atom. The van der Waals surface area contributed by atoms with Crippen LogP contribution >= 0.6 is 23.1 Å². The molecule has 0 aliphatic heterocycles. The van der Waals surface area contributed by atoms with E-state index in [1.165, 1.54) is 23.1 Å². The molecule has 1 N–H and O–H groups in total. The Morgan fingerprint density at radius 2 is 1.96 bits per heavy atom. The fourth-order valence-electron chi connectivity index (χ4n) is 2.06. The van der Waals surface area contributed by atoms with Gasteiger partial charge in [-0.05, 0) is 32.4 Å². The predicted molar refractivity (Wildman–Crippen MR) is 102 cm³/mol. The summed E-state index contributed by atoms with van der Waals surface area (Å²) in [6.07, 6.45) is 0.618. The number of hydrogen-bond acceptors (Lipinski definition) is 8. The molecule has 0 saturated heterocycles. The smallest absolute Gasteiger partial charge is 0.319 e. The molecular formula is C17H21N3O4S2. The third-order valence-corrected chi connectivity index (χ3v) is 5.49. The van der Waals surface area contributed by atoms with Crippen molar-refractivity contribution in [1.82, 2.24) is 10.2 Å². The first-order chi connectivity index (χ1) is 12.6. The highest BCUT2D eigenvalue weighted by molar-refractivity contribution is 8.02. The van der Waals surface area contributed by atoms with Crippen molar-refractivity contribution in [1.29, 1.82) is 0 Å². The average Bonchev–Trinajstić information content (AvgIpc) is 3.07. The molecule has 140 valence electrons. The van der Waals surface area contributed by atoms with Gasteiger partial charge in [-0.1, -0.05) is 42.2 Å². The van der Waals surface area contributed by atoms with Crippen LogP contribution in [0.3, 0.4) is 0 Å². The number of esters is 1. The molecule has 0 radical (unpaired) electrons. The van der Waals surface area contributed by atoms with Gasteiger partial charge < -0.3 is 9.47 Å². The van der Waals surface area contributed by atoms with Crippen molar-refractivity contribution in [3.8, 4) is 5.75 Å². The van der Waals surface area contributed by atoms with Gasteiger partial charge in [0.1, 0.15) is 11.0 Å². The number of nitrogens with one attached hydrogen (secondary N) is 1. The number of aromatic nitrogens is 2. The van der Waals surface area contributed by atoms with Crippen LogP contribution in [-0.2, 0) is 9.53 Å². The number of rotatable bonds is 9. The molecule has 0 bridgehead atoms. The number of nitrogens with zero attached hydrogens (tertiary/aromatic N) is 2. The van der Waals surface area contributed by atoms with Crippen molar-refractivity contribution in [3.05, 3.63) is 29.8 Å². The summed E-state index contributed by atoms with van der Waals surface area (Å²) in [4.78, 5) is 24.3. The van der Waals surface area contributed by atoms with Gasteiger partial charge in [-0.3, -0.25) is 14.9 Å². The normalized spacial score (nSPS) is 11.7. The molecule has 0 saturated carbocycles. The lowest BCUT2D eigenvalue weighted by atomic mass is 10.2. The summed E-state index contributed by atoms with van der Waals surface area (Å²) in [7, 11) is 0. The van der Waals surface area contributed by atoms with Crippen LogP contribution in [0.1, 0.15) is 37.6 Å². The summed E-state index contributed by atoms with van der Waals surface area (Å²) in [6.45, 7) is 6.34. The molecule has 1 amide bonds. The molecule has 1 aromatic carbocycles. The maximum absolute atomic E-state index is 12.5. The van der Waals surface area contributed by atoms with E-state index in [4.69, 9.17) is 9.47 Å². The van der Waals surface area contributed by atoms with Gasteiger partial charge in [0.05, 0.1) is 18.8 Å². The van der Waals surface area contributed by atoms with Crippen molar-refractivity contribution in [2.45, 2.75) is 36.8 Å². The zero-order valence-corrected chi connectivity index (χ0v) is 16.5. The van der Waals surface area contributed by atoms with Gasteiger partial charge in [-0.25, -0.2) is 0 Å². The monoisotopic (exact) mass is 395 g/mol. The third kappa shape index (κ3) is 5.43. The molecule has 1 heterocycles. The Bertz CT molecular complexity index is 751. The van der Waals surface area contributed by atoms with Crippen LogP contribution in [0.2, 0.25) is 0 Å². The lowest BCUT2D eigenvalue weighted by Crippen LogP contribution is -2.19. The van der Waals surface area contributed by atoms with E-state index in [0.29, 0.717) is 40.4 Å². The molecule has 1 aromatic heterocycles. The van der Waals surface area contributed by atoms with Crippen LogP contribution in [0.25, 0.3) is 0 Å². The molecule has 0 aliphatic rings. The minimum absolute atomic E-state index is 0.272.